The molecule has 0 atom stereocenters. The van der Waals surface area contributed by atoms with E-state index in [2.05, 4.69) is 26.1 Å². The number of rotatable bonds is 3. The molecule has 3 heteroatoms. The van der Waals surface area contributed by atoms with Gasteiger partial charge in [-0.15, -0.1) is 0 Å². The topological polar surface area (TPSA) is 32.3 Å². The Morgan fingerprint density at radius 3 is 1.86 bits per heavy atom. The second-order valence-electron chi connectivity index (χ2n) is 5.70. The molecule has 0 spiro atoms. The quantitative estimate of drug-likeness (QED) is 0.748. The molecule has 0 rings (SSSR count). The molecule has 0 aliphatic heterocycles. The predicted molar refractivity (Wildman–Crippen MR) is 60.2 cm³/mol. The van der Waals surface area contributed by atoms with Gasteiger partial charge in [0.25, 0.3) is 0 Å². The molecule has 0 radical (unpaired) electrons. The van der Waals surface area contributed by atoms with E-state index in [4.69, 9.17) is 0 Å². The zero-order valence-electron chi connectivity index (χ0n) is 10.6. The Bertz CT molecular complexity index is 202. The van der Waals surface area contributed by atoms with Gasteiger partial charge in [-0.3, -0.25) is 9.69 Å². The molecule has 0 saturated carbocycles. The maximum atomic E-state index is 11.8. The van der Waals surface area contributed by atoms with E-state index in [1.54, 1.807) is 0 Å². The van der Waals surface area contributed by atoms with E-state index in [1.807, 2.05) is 32.8 Å². The lowest BCUT2D eigenvalue weighted by atomic mass is 9.95. The lowest BCUT2D eigenvalue weighted by Crippen LogP contribution is -2.53. The fourth-order valence-electron chi connectivity index (χ4n) is 0.765. The molecule has 14 heavy (non-hydrogen) atoms. The number of hydrogen-bond acceptors (Lipinski definition) is 2. The molecule has 0 fully saturated rings. The lowest BCUT2D eigenvalue weighted by Gasteiger charge is -2.32. The highest BCUT2D eigenvalue weighted by Gasteiger charge is 2.30. The molecule has 0 heterocycles. The smallest absolute Gasteiger partial charge is 0.239 e. The molecule has 1 amide bonds. The first-order valence-electron chi connectivity index (χ1n) is 5.03. The second-order valence-corrected chi connectivity index (χ2v) is 5.70. The first-order chi connectivity index (χ1) is 6.07. The summed E-state index contributed by atoms with van der Waals surface area (Å²) in [6, 6.07) is 0. The van der Waals surface area contributed by atoms with Crippen molar-refractivity contribution in [2.45, 2.75) is 40.2 Å². The van der Waals surface area contributed by atoms with Crippen molar-refractivity contribution in [3.05, 3.63) is 0 Å². The van der Waals surface area contributed by atoms with Gasteiger partial charge >= 0.3 is 0 Å². The highest BCUT2D eigenvalue weighted by atomic mass is 16.2. The Labute approximate surface area is 87.9 Å². The maximum Gasteiger partial charge on any atom is 0.239 e. The number of carbonyl (C=O) groups is 1. The average Bonchev–Trinajstić information content (AvgIpc) is 1.98. The van der Waals surface area contributed by atoms with Gasteiger partial charge in [0.1, 0.15) is 0 Å². The van der Waals surface area contributed by atoms with E-state index in [0.717, 1.165) is 0 Å². The van der Waals surface area contributed by atoms with Gasteiger partial charge in [0, 0.05) is 6.54 Å². The van der Waals surface area contributed by atoms with Gasteiger partial charge in [-0.25, -0.2) is 0 Å². The number of likely N-dealkylation sites (N-methyl/N-ethyl adjacent to an activating group) is 1. The normalized spacial score (nSPS) is 13.1. The Morgan fingerprint density at radius 1 is 1.14 bits per heavy atom. The van der Waals surface area contributed by atoms with Gasteiger partial charge < -0.3 is 5.32 Å². The molecule has 1 N–H and O–H groups in total. The molecule has 84 valence electrons. The summed E-state index contributed by atoms with van der Waals surface area (Å²) in [6.07, 6.45) is 0. The molecule has 3 nitrogen and oxygen atoms in total. The van der Waals surface area contributed by atoms with E-state index in [0.29, 0.717) is 6.54 Å². The van der Waals surface area contributed by atoms with Crippen LogP contribution in [0.3, 0.4) is 0 Å². The maximum absolute atomic E-state index is 11.8. The average molecular weight is 200 g/mol. The fourth-order valence-corrected chi connectivity index (χ4v) is 0.765. The zero-order valence-corrected chi connectivity index (χ0v) is 10.6. The Kier molecular flexibility index (Phi) is 4.13. The minimum atomic E-state index is -0.439. The molecule has 0 saturated heterocycles. The highest BCUT2D eigenvalue weighted by molar-refractivity contribution is 5.85. The Hall–Kier alpha value is -0.570. The molecule has 0 aromatic carbocycles. The molecule has 0 aromatic rings. The zero-order chi connectivity index (χ0) is 11.6. The van der Waals surface area contributed by atoms with Gasteiger partial charge in [-0.1, -0.05) is 20.8 Å². The SMILES string of the molecule is CN(C)C(C)(C)C(=O)NCC(C)(C)C. The van der Waals surface area contributed by atoms with Crippen LogP contribution in [-0.2, 0) is 4.79 Å². The molecule has 0 bridgehead atoms. The summed E-state index contributed by atoms with van der Waals surface area (Å²) in [7, 11) is 3.83. The lowest BCUT2D eigenvalue weighted by molar-refractivity contribution is -0.130. The van der Waals surface area contributed by atoms with E-state index in [-0.39, 0.29) is 11.3 Å². The van der Waals surface area contributed by atoms with Crippen LogP contribution in [0, 0.1) is 5.41 Å². The van der Waals surface area contributed by atoms with Crippen molar-refractivity contribution in [3.63, 3.8) is 0 Å². The van der Waals surface area contributed by atoms with Crippen molar-refractivity contribution in [1.82, 2.24) is 10.2 Å². The van der Waals surface area contributed by atoms with E-state index < -0.39 is 5.54 Å². The van der Waals surface area contributed by atoms with Crippen LogP contribution < -0.4 is 5.32 Å². The van der Waals surface area contributed by atoms with Crippen molar-refractivity contribution in [2.75, 3.05) is 20.6 Å². The monoisotopic (exact) mass is 200 g/mol. The number of carbonyl (C=O) groups excluding carboxylic acids is 1. The molecule has 0 aliphatic rings. The molecule has 0 unspecified atom stereocenters. The van der Waals surface area contributed by atoms with Gasteiger partial charge in [-0.2, -0.15) is 0 Å². The van der Waals surface area contributed by atoms with E-state index in [1.165, 1.54) is 0 Å². The summed E-state index contributed by atoms with van der Waals surface area (Å²) in [5.41, 5.74) is -0.302. The van der Waals surface area contributed by atoms with Crippen LogP contribution in [0.4, 0.5) is 0 Å². The summed E-state index contributed by atoms with van der Waals surface area (Å²) in [5, 5.41) is 2.96. The summed E-state index contributed by atoms with van der Waals surface area (Å²) in [4.78, 5) is 13.7. The minimum absolute atomic E-state index is 0.0809. The number of nitrogens with one attached hydrogen (secondary N) is 1. The van der Waals surface area contributed by atoms with Crippen LogP contribution in [0.25, 0.3) is 0 Å². The van der Waals surface area contributed by atoms with Crippen molar-refractivity contribution in [3.8, 4) is 0 Å². The fraction of sp³-hybridized carbons (Fsp3) is 0.909. The molecule has 0 aliphatic carbocycles. The third kappa shape index (κ3) is 4.09. The van der Waals surface area contributed by atoms with Gasteiger partial charge in [-0.05, 0) is 33.4 Å². The van der Waals surface area contributed by atoms with Crippen molar-refractivity contribution < 1.29 is 4.79 Å². The predicted octanol–water partition coefficient (Wildman–Crippen LogP) is 1.49. The van der Waals surface area contributed by atoms with Crippen molar-refractivity contribution >= 4 is 5.91 Å². The van der Waals surface area contributed by atoms with Gasteiger partial charge in [0.15, 0.2) is 0 Å². The minimum Gasteiger partial charge on any atom is -0.354 e. The number of nitrogens with zero attached hydrogens (tertiary/aromatic N) is 1. The largest absolute Gasteiger partial charge is 0.354 e. The Morgan fingerprint density at radius 2 is 1.57 bits per heavy atom. The van der Waals surface area contributed by atoms with Gasteiger partial charge in [0.05, 0.1) is 5.54 Å². The third-order valence-corrected chi connectivity index (χ3v) is 2.45. The van der Waals surface area contributed by atoms with E-state index in [9.17, 15) is 4.79 Å². The van der Waals surface area contributed by atoms with Gasteiger partial charge in [0.2, 0.25) is 5.91 Å². The first-order valence-corrected chi connectivity index (χ1v) is 5.03. The summed E-state index contributed by atoms with van der Waals surface area (Å²) >= 11 is 0. The van der Waals surface area contributed by atoms with E-state index >= 15 is 0 Å². The highest BCUT2D eigenvalue weighted by Crippen LogP contribution is 2.13. The summed E-state index contributed by atoms with van der Waals surface area (Å²) < 4.78 is 0. The van der Waals surface area contributed by atoms with Crippen LogP contribution in [0.1, 0.15) is 34.6 Å². The molecular weight excluding hydrogens is 176 g/mol. The van der Waals surface area contributed by atoms with Crippen LogP contribution >= 0.6 is 0 Å². The summed E-state index contributed by atoms with van der Waals surface area (Å²) in [5.74, 6) is 0.0809. The second kappa shape index (κ2) is 4.30. The summed E-state index contributed by atoms with van der Waals surface area (Å²) in [6.45, 7) is 10.9. The van der Waals surface area contributed by atoms with Crippen molar-refractivity contribution in [1.29, 1.82) is 0 Å². The standard InChI is InChI=1S/C11H24N2O/c1-10(2,3)8-12-9(14)11(4,5)13(6)7/h8H2,1-7H3,(H,12,14). The molecular formula is C11H24N2O. The van der Waals surface area contributed by atoms with Crippen LogP contribution in [-0.4, -0.2) is 37.0 Å². The number of amides is 1. The van der Waals surface area contributed by atoms with Crippen LogP contribution in [0.15, 0.2) is 0 Å². The number of hydrogen-bond donors (Lipinski definition) is 1. The first kappa shape index (κ1) is 13.4. The van der Waals surface area contributed by atoms with Crippen LogP contribution in [0.5, 0.6) is 0 Å². The molecule has 0 aromatic heterocycles. The third-order valence-electron chi connectivity index (χ3n) is 2.45. The Balaban J connectivity index is 4.23. The van der Waals surface area contributed by atoms with Crippen LogP contribution in [0.2, 0.25) is 0 Å². The van der Waals surface area contributed by atoms with Crippen molar-refractivity contribution in [2.24, 2.45) is 5.41 Å².